The monoisotopic (exact) mass is 451 g/mol. The van der Waals surface area contributed by atoms with Gasteiger partial charge in [0.25, 0.3) is 0 Å². The smallest absolute Gasteiger partial charge is 0.229 e. The van der Waals surface area contributed by atoms with Crippen LogP contribution < -0.4 is 10.1 Å². The Hall–Kier alpha value is -2.74. The molecule has 1 amide bonds. The Kier molecular flexibility index (Phi) is 7.87. The zero-order valence-corrected chi connectivity index (χ0v) is 19.2. The van der Waals surface area contributed by atoms with Crippen molar-refractivity contribution >= 4 is 22.4 Å². The number of hydrogen-bond acceptors (Lipinski definition) is 6. The first-order chi connectivity index (χ1) is 15.7. The van der Waals surface area contributed by atoms with Gasteiger partial charge in [0.15, 0.2) is 5.13 Å². The van der Waals surface area contributed by atoms with E-state index in [0.29, 0.717) is 11.7 Å². The van der Waals surface area contributed by atoms with Crippen molar-refractivity contribution in [3.63, 3.8) is 0 Å². The molecule has 0 saturated carbocycles. The van der Waals surface area contributed by atoms with Gasteiger partial charge in [-0.2, -0.15) is 0 Å². The predicted molar refractivity (Wildman–Crippen MR) is 128 cm³/mol. The number of thiazole rings is 1. The van der Waals surface area contributed by atoms with E-state index in [0.717, 1.165) is 61.2 Å². The largest absolute Gasteiger partial charge is 0.493 e. The number of carbonyl (C=O) groups excluding carboxylic acids is 1. The third kappa shape index (κ3) is 6.16. The predicted octanol–water partition coefficient (Wildman–Crippen LogP) is 4.61. The maximum atomic E-state index is 12.5. The first kappa shape index (κ1) is 22.5. The number of morpholine rings is 1. The summed E-state index contributed by atoms with van der Waals surface area (Å²) in [4.78, 5) is 20.8. The number of hydrogen-bond donors (Lipinski definition) is 1. The molecular formula is C25H29N3O3S. The number of aromatic nitrogens is 1. The van der Waals surface area contributed by atoms with Gasteiger partial charge in [0.1, 0.15) is 5.75 Å². The lowest BCUT2D eigenvalue weighted by molar-refractivity contribution is -0.116. The quantitative estimate of drug-likeness (QED) is 0.515. The lowest BCUT2D eigenvalue weighted by Crippen LogP contribution is -2.35. The van der Waals surface area contributed by atoms with E-state index < -0.39 is 0 Å². The molecule has 1 saturated heterocycles. The highest BCUT2D eigenvalue weighted by Crippen LogP contribution is 2.32. The maximum Gasteiger partial charge on any atom is 0.229 e. The topological polar surface area (TPSA) is 63.7 Å². The van der Waals surface area contributed by atoms with Gasteiger partial charge in [-0.25, -0.2) is 4.98 Å². The summed E-state index contributed by atoms with van der Waals surface area (Å²) in [6.45, 7) is 6.57. The van der Waals surface area contributed by atoms with Gasteiger partial charge in [-0.1, -0.05) is 60.7 Å². The summed E-state index contributed by atoms with van der Waals surface area (Å²) in [7, 11) is 0. The molecule has 0 radical (unpaired) electrons. The number of benzene rings is 2. The van der Waals surface area contributed by atoms with Crippen LogP contribution in [0.4, 0.5) is 5.13 Å². The Morgan fingerprint density at radius 3 is 2.59 bits per heavy atom. The van der Waals surface area contributed by atoms with Gasteiger partial charge in [0.2, 0.25) is 5.91 Å². The molecule has 0 atom stereocenters. The molecule has 0 bridgehead atoms. The summed E-state index contributed by atoms with van der Waals surface area (Å²) in [5.74, 6) is 0.685. The number of anilines is 1. The van der Waals surface area contributed by atoms with Gasteiger partial charge in [-0.3, -0.25) is 9.69 Å². The van der Waals surface area contributed by atoms with Crippen LogP contribution in [0.1, 0.15) is 23.8 Å². The molecule has 1 aliphatic heterocycles. The number of nitrogens with zero attached hydrogens (tertiary/aromatic N) is 2. The number of ether oxygens (including phenoxy) is 2. The van der Waals surface area contributed by atoms with Crippen molar-refractivity contribution in [3.8, 4) is 17.0 Å². The molecule has 3 aromatic rings. The van der Waals surface area contributed by atoms with Crippen LogP contribution in [0.3, 0.4) is 0 Å². The van der Waals surface area contributed by atoms with E-state index in [2.05, 4.69) is 29.3 Å². The Morgan fingerprint density at radius 2 is 1.88 bits per heavy atom. The van der Waals surface area contributed by atoms with Gasteiger partial charge >= 0.3 is 0 Å². The maximum absolute atomic E-state index is 12.5. The van der Waals surface area contributed by atoms with Crippen molar-refractivity contribution in [1.82, 2.24) is 9.88 Å². The Balaban J connectivity index is 1.38. The zero-order chi connectivity index (χ0) is 22.2. The standard InChI is InChI=1S/C25H29N3O3S/c1-2-19-8-10-21(11-9-19)31-15-12-23(29)26-25-27-24(20-6-4-3-5-7-20)22(32-25)18-28-13-16-30-17-14-28/h3-11H,2,12-18H2,1H3,(H,26,27,29). The van der Waals surface area contributed by atoms with Crippen LogP contribution in [0.15, 0.2) is 54.6 Å². The van der Waals surface area contributed by atoms with E-state index in [1.54, 1.807) is 11.3 Å². The molecular weight excluding hydrogens is 422 g/mol. The van der Waals surface area contributed by atoms with E-state index >= 15 is 0 Å². The molecule has 2 heterocycles. The number of amides is 1. The van der Waals surface area contributed by atoms with Crippen LogP contribution in [-0.2, 0) is 22.5 Å². The van der Waals surface area contributed by atoms with Gasteiger partial charge in [0.05, 0.1) is 31.9 Å². The van der Waals surface area contributed by atoms with Crippen LogP contribution in [0.25, 0.3) is 11.3 Å². The molecule has 2 aromatic carbocycles. The van der Waals surface area contributed by atoms with Crippen molar-refractivity contribution in [2.45, 2.75) is 26.3 Å². The van der Waals surface area contributed by atoms with Gasteiger partial charge in [-0.15, -0.1) is 0 Å². The summed E-state index contributed by atoms with van der Waals surface area (Å²) >= 11 is 1.54. The van der Waals surface area contributed by atoms with Crippen molar-refractivity contribution < 1.29 is 14.3 Å². The van der Waals surface area contributed by atoms with E-state index in [-0.39, 0.29) is 12.3 Å². The second-order valence-electron chi connectivity index (χ2n) is 7.69. The van der Waals surface area contributed by atoms with Crippen molar-refractivity contribution in [1.29, 1.82) is 0 Å². The molecule has 0 spiro atoms. The fourth-order valence-corrected chi connectivity index (χ4v) is 4.60. The molecule has 0 aliphatic carbocycles. The van der Waals surface area contributed by atoms with Gasteiger partial charge < -0.3 is 14.8 Å². The molecule has 0 unspecified atom stereocenters. The fraction of sp³-hybridized carbons (Fsp3) is 0.360. The third-order valence-corrected chi connectivity index (χ3v) is 6.35. The average Bonchev–Trinajstić information content (AvgIpc) is 3.22. The van der Waals surface area contributed by atoms with Crippen LogP contribution in [0.5, 0.6) is 5.75 Å². The van der Waals surface area contributed by atoms with E-state index in [4.69, 9.17) is 14.5 Å². The van der Waals surface area contributed by atoms with Gasteiger partial charge in [-0.05, 0) is 24.1 Å². The molecule has 1 fully saturated rings. The van der Waals surface area contributed by atoms with Crippen LogP contribution >= 0.6 is 11.3 Å². The summed E-state index contributed by atoms with van der Waals surface area (Å²) in [5.41, 5.74) is 3.26. The van der Waals surface area contributed by atoms with E-state index in [9.17, 15) is 4.79 Å². The van der Waals surface area contributed by atoms with E-state index in [1.807, 2.05) is 42.5 Å². The summed E-state index contributed by atoms with van der Waals surface area (Å²) in [5, 5.41) is 3.59. The fourth-order valence-electron chi connectivity index (χ4n) is 3.56. The highest BCUT2D eigenvalue weighted by Gasteiger charge is 2.19. The normalized spacial score (nSPS) is 14.3. The summed E-state index contributed by atoms with van der Waals surface area (Å²) < 4.78 is 11.2. The van der Waals surface area contributed by atoms with Crippen molar-refractivity contribution in [2.75, 3.05) is 38.2 Å². The molecule has 1 aromatic heterocycles. The highest BCUT2D eigenvalue weighted by atomic mass is 32.1. The Labute approximate surface area is 193 Å². The molecule has 1 aliphatic rings. The van der Waals surface area contributed by atoms with Crippen LogP contribution in [0, 0.1) is 0 Å². The zero-order valence-electron chi connectivity index (χ0n) is 18.4. The van der Waals surface area contributed by atoms with Crippen molar-refractivity contribution in [3.05, 3.63) is 65.0 Å². The third-order valence-electron chi connectivity index (χ3n) is 5.39. The number of nitrogens with one attached hydrogen (secondary N) is 1. The first-order valence-electron chi connectivity index (χ1n) is 11.1. The lowest BCUT2D eigenvalue weighted by atomic mass is 10.1. The number of carbonyl (C=O) groups is 1. The minimum Gasteiger partial charge on any atom is -0.493 e. The first-order valence-corrected chi connectivity index (χ1v) is 11.9. The second-order valence-corrected chi connectivity index (χ2v) is 8.77. The minimum atomic E-state index is -0.0959. The van der Waals surface area contributed by atoms with Crippen LogP contribution in [-0.4, -0.2) is 48.7 Å². The molecule has 4 rings (SSSR count). The molecule has 168 valence electrons. The number of aryl methyl sites for hydroxylation is 1. The van der Waals surface area contributed by atoms with Gasteiger partial charge in [0, 0.05) is 30.1 Å². The summed E-state index contributed by atoms with van der Waals surface area (Å²) in [6.07, 6.45) is 1.27. The average molecular weight is 452 g/mol. The second kappa shape index (κ2) is 11.2. The molecule has 1 N–H and O–H groups in total. The molecule has 32 heavy (non-hydrogen) atoms. The SMILES string of the molecule is CCc1ccc(OCCC(=O)Nc2nc(-c3ccccc3)c(CN3CCOCC3)s2)cc1. The molecule has 7 heteroatoms. The lowest BCUT2D eigenvalue weighted by Gasteiger charge is -2.26. The highest BCUT2D eigenvalue weighted by molar-refractivity contribution is 7.16. The van der Waals surface area contributed by atoms with Crippen LogP contribution in [0.2, 0.25) is 0 Å². The Bertz CT molecular complexity index is 999. The Morgan fingerprint density at radius 1 is 1.12 bits per heavy atom. The van der Waals surface area contributed by atoms with Crippen molar-refractivity contribution in [2.24, 2.45) is 0 Å². The summed E-state index contributed by atoms with van der Waals surface area (Å²) in [6, 6.07) is 18.1. The number of rotatable bonds is 9. The minimum absolute atomic E-state index is 0.0959. The molecule has 6 nitrogen and oxygen atoms in total. The van der Waals surface area contributed by atoms with E-state index in [1.165, 1.54) is 5.56 Å².